The number of rotatable bonds is 2. The Morgan fingerprint density at radius 3 is 2.19 bits per heavy atom. The Hall–Kier alpha value is -2.54. The van der Waals surface area contributed by atoms with E-state index in [-0.39, 0.29) is 0 Å². The molecule has 0 N–H and O–H groups in total. The van der Waals surface area contributed by atoms with Gasteiger partial charge in [-0.05, 0) is 17.5 Å². The van der Waals surface area contributed by atoms with Crippen molar-refractivity contribution in [3.63, 3.8) is 0 Å². The van der Waals surface area contributed by atoms with Crippen LogP contribution in [0.3, 0.4) is 0 Å². The molecule has 0 radical (unpaired) electrons. The van der Waals surface area contributed by atoms with Gasteiger partial charge in [0.15, 0.2) is 0 Å². The lowest BCUT2D eigenvalue weighted by Crippen LogP contribution is -1.78. The molecule has 1 heteroatoms. The zero-order chi connectivity index (χ0) is 14.2. The van der Waals surface area contributed by atoms with E-state index >= 15 is 0 Å². The molecular weight excluding hydrogens is 256 g/mol. The van der Waals surface area contributed by atoms with Gasteiger partial charge < -0.3 is 4.42 Å². The van der Waals surface area contributed by atoms with Crippen molar-refractivity contribution in [3.8, 4) is 11.1 Å². The summed E-state index contributed by atoms with van der Waals surface area (Å²) in [5, 5.41) is 2.41. The van der Waals surface area contributed by atoms with Crippen molar-refractivity contribution in [3.05, 3.63) is 72.3 Å². The third kappa shape index (κ3) is 1.85. The molecule has 4 aromatic rings. The highest BCUT2D eigenvalue weighted by Crippen LogP contribution is 2.36. The summed E-state index contributed by atoms with van der Waals surface area (Å²) in [6.45, 7) is 2.17. The van der Waals surface area contributed by atoms with Gasteiger partial charge in [-0.3, -0.25) is 0 Å². The zero-order valence-electron chi connectivity index (χ0n) is 12.0. The molecule has 0 saturated heterocycles. The molecular formula is C20H16O. The van der Waals surface area contributed by atoms with Gasteiger partial charge in [0.25, 0.3) is 0 Å². The largest absolute Gasteiger partial charge is 0.455 e. The molecule has 0 saturated carbocycles. The van der Waals surface area contributed by atoms with Gasteiger partial charge in [-0.15, -0.1) is 0 Å². The van der Waals surface area contributed by atoms with E-state index in [2.05, 4.69) is 67.6 Å². The van der Waals surface area contributed by atoms with Crippen LogP contribution in [0.2, 0.25) is 0 Å². The number of hydrogen-bond donors (Lipinski definition) is 0. The SMILES string of the molecule is CCc1cccc2c1oc1c(-c3ccccc3)cccc12. The molecule has 0 unspecified atom stereocenters. The lowest BCUT2D eigenvalue weighted by atomic mass is 10.0. The normalized spacial score (nSPS) is 11.3. The molecule has 0 amide bonds. The Morgan fingerprint density at radius 2 is 1.43 bits per heavy atom. The summed E-state index contributed by atoms with van der Waals surface area (Å²) < 4.78 is 6.26. The summed E-state index contributed by atoms with van der Waals surface area (Å²) in [6.07, 6.45) is 0.984. The predicted molar refractivity (Wildman–Crippen MR) is 88.5 cm³/mol. The van der Waals surface area contributed by atoms with Crippen molar-refractivity contribution in [1.82, 2.24) is 0 Å². The van der Waals surface area contributed by atoms with E-state index in [1.165, 1.54) is 21.9 Å². The minimum atomic E-state index is 0.984. The maximum absolute atomic E-state index is 6.26. The zero-order valence-corrected chi connectivity index (χ0v) is 12.0. The molecule has 0 atom stereocenters. The van der Waals surface area contributed by atoms with Gasteiger partial charge in [0.05, 0.1) is 0 Å². The minimum Gasteiger partial charge on any atom is -0.455 e. The van der Waals surface area contributed by atoms with Crippen LogP contribution in [0.25, 0.3) is 33.1 Å². The van der Waals surface area contributed by atoms with E-state index in [9.17, 15) is 0 Å². The van der Waals surface area contributed by atoms with E-state index in [1.54, 1.807) is 0 Å². The van der Waals surface area contributed by atoms with Crippen LogP contribution in [0, 0.1) is 0 Å². The maximum Gasteiger partial charge on any atom is 0.143 e. The first-order chi connectivity index (χ1) is 10.4. The first kappa shape index (κ1) is 12.2. The molecule has 1 aromatic heterocycles. The number of hydrogen-bond acceptors (Lipinski definition) is 1. The van der Waals surface area contributed by atoms with Gasteiger partial charge in [0.1, 0.15) is 11.2 Å². The van der Waals surface area contributed by atoms with Gasteiger partial charge in [-0.1, -0.05) is 73.7 Å². The second kappa shape index (κ2) is 4.78. The van der Waals surface area contributed by atoms with E-state index in [0.717, 1.165) is 23.2 Å². The molecule has 0 bridgehead atoms. The molecule has 0 aliphatic heterocycles. The van der Waals surface area contributed by atoms with Gasteiger partial charge >= 0.3 is 0 Å². The number of fused-ring (bicyclic) bond motifs is 3. The summed E-state index contributed by atoms with van der Waals surface area (Å²) >= 11 is 0. The average molecular weight is 272 g/mol. The van der Waals surface area contributed by atoms with E-state index in [1.807, 2.05) is 6.07 Å². The highest BCUT2D eigenvalue weighted by Gasteiger charge is 2.13. The molecule has 102 valence electrons. The fourth-order valence-corrected chi connectivity index (χ4v) is 3.00. The summed E-state index contributed by atoms with van der Waals surface area (Å²) in [7, 11) is 0. The molecule has 4 rings (SSSR count). The average Bonchev–Trinajstić information content (AvgIpc) is 2.94. The molecule has 0 spiro atoms. The molecule has 0 aliphatic carbocycles. The molecule has 1 nitrogen and oxygen atoms in total. The van der Waals surface area contributed by atoms with E-state index < -0.39 is 0 Å². The molecule has 3 aromatic carbocycles. The summed E-state index contributed by atoms with van der Waals surface area (Å²) in [5.41, 5.74) is 5.63. The first-order valence-electron chi connectivity index (χ1n) is 7.37. The van der Waals surface area contributed by atoms with Crippen molar-refractivity contribution >= 4 is 21.9 Å². The number of furan rings is 1. The quantitative estimate of drug-likeness (QED) is 0.448. The lowest BCUT2D eigenvalue weighted by molar-refractivity contribution is 0.664. The molecule has 0 fully saturated rings. The molecule has 0 aliphatic rings. The van der Waals surface area contributed by atoms with Crippen LogP contribution in [0.4, 0.5) is 0 Å². The predicted octanol–water partition coefficient (Wildman–Crippen LogP) is 5.82. The highest BCUT2D eigenvalue weighted by atomic mass is 16.3. The second-order valence-electron chi connectivity index (χ2n) is 5.30. The van der Waals surface area contributed by atoms with Crippen LogP contribution in [0.15, 0.2) is 71.1 Å². The van der Waals surface area contributed by atoms with Gasteiger partial charge in [-0.2, -0.15) is 0 Å². The number of aryl methyl sites for hydroxylation is 1. The van der Waals surface area contributed by atoms with Crippen molar-refractivity contribution in [1.29, 1.82) is 0 Å². The molecule has 1 heterocycles. The maximum atomic E-state index is 6.26. The number of benzene rings is 3. The van der Waals surface area contributed by atoms with E-state index in [4.69, 9.17) is 4.42 Å². The summed E-state index contributed by atoms with van der Waals surface area (Å²) in [4.78, 5) is 0. The molecule has 21 heavy (non-hydrogen) atoms. The number of para-hydroxylation sites is 2. The van der Waals surface area contributed by atoms with Crippen molar-refractivity contribution in [2.45, 2.75) is 13.3 Å². The lowest BCUT2D eigenvalue weighted by Gasteiger charge is -2.01. The summed E-state index contributed by atoms with van der Waals surface area (Å²) in [5.74, 6) is 0. The monoisotopic (exact) mass is 272 g/mol. The second-order valence-corrected chi connectivity index (χ2v) is 5.30. The van der Waals surface area contributed by atoms with Crippen LogP contribution in [0.1, 0.15) is 12.5 Å². The van der Waals surface area contributed by atoms with Crippen molar-refractivity contribution in [2.24, 2.45) is 0 Å². The Bertz CT molecular complexity index is 917. The minimum absolute atomic E-state index is 0.984. The van der Waals surface area contributed by atoms with Crippen molar-refractivity contribution < 1.29 is 4.42 Å². The fourth-order valence-electron chi connectivity index (χ4n) is 3.00. The Balaban J connectivity index is 2.11. The topological polar surface area (TPSA) is 13.1 Å². The van der Waals surface area contributed by atoms with Crippen LogP contribution >= 0.6 is 0 Å². The summed E-state index contributed by atoms with van der Waals surface area (Å²) in [6, 6.07) is 23.2. The first-order valence-corrected chi connectivity index (χ1v) is 7.37. The Morgan fingerprint density at radius 1 is 0.714 bits per heavy atom. The third-order valence-corrected chi connectivity index (χ3v) is 4.07. The van der Waals surface area contributed by atoms with Gasteiger partial charge in [-0.25, -0.2) is 0 Å². The fraction of sp³-hybridized carbons (Fsp3) is 0.100. The van der Waals surface area contributed by atoms with Gasteiger partial charge in [0.2, 0.25) is 0 Å². The Labute approximate surface area is 123 Å². The van der Waals surface area contributed by atoms with Gasteiger partial charge in [0, 0.05) is 16.3 Å². The Kier molecular flexibility index (Phi) is 2.78. The van der Waals surface area contributed by atoms with Crippen LogP contribution in [-0.2, 0) is 6.42 Å². The van der Waals surface area contributed by atoms with Crippen LogP contribution in [0.5, 0.6) is 0 Å². The smallest absolute Gasteiger partial charge is 0.143 e. The standard InChI is InChI=1S/C20H16O/c1-2-14-10-6-12-17-18-13-7-11-16(20(18)21-19(14)17)15-8-4-3-5-9-15/h3-13H,2H2,1H3. The van der Waals surface area contributed by atoms with Crippen molar-refractivity contribution in [2.75, 3.05) is 0 Å². The highest BCUT2D eigenvalue weighted by molar-refractivity contribution is 6.10. The third-order valence-electron chi connectivity index (χ3n) is 4.07. The van der Waals surface area contributed by atoms with E-state index in [0.29, 0.717) is 0 Å². The van der Waals surface area contributed by atoms with Crippen LogP contribution in [-0.4, -0.2) is 0 Å². The van der Waals surface area contributed by atoms with Crippen LogP contribution < -0.4 is 0 Å².